The zero-order valence-electron chi connectivity index (χ0n) is 12.4. The van der Waals surface area contributed by atoms with E-state index in [9.17, 15) is 5.11 Å². The second-order valence-corrected chi connectivity index (χ2v) is 6.62. The van der Waals surface area contributed by atoms with Gasteiger partial charge in [0, 0.05) is 12.6 Å². The fourth-order valence-electron chi connectivity index (χ4n) is 3.26. The van der Waals surface area contributed by atoms with Crippen molar-refractivity contribution < 1.29 is 5.11 Å². The van der Waals surface area contributed by atoms with Gasteiger partial charge in [0.2, 0.25) is 0 Å². The number of nitrogens with one attached hydrogen (secondary N) is 1. The Morgan fingerprint density at radius 1 is 1.37 bits per heavy atom. The summed E-state index contributed by atoms with van der Waals surface area (Å²) < 4.78 is 0. The maximum absolute atomic E-state index is 10.4. The van der Waals surface area contributed by atoms with E-state index in [0.717, 1.165) is 6.42 Å². The summed E-state index contributed by atoms with van der Waals surface area (Å²) in [4.78, 5) is 0. The van der Waals surface area contributed by atoms with E-state index >= 15 is 0 Å². The van der Waals surface area contributed by atoms with Crippen LogP contribution in [0.15, 0.2) is 24.3 Å². The lowest BCUT2D eigenvalue weighted by Gasteiger charge is -2.31. The molecule has 1 aliphatic rings. The molecule has 2 unspecified atom stereocenters. The average molecular weight is 261 g/mol. The van der Waals surface area contributed by atoms with Gasteiger partial charge in [-0.15, -0.1) is 0 Å². The van der Waals surface area contributed by atoms with Crippen LogP contribution in [-0.2, 0) is 6.42 Å². The fraction of sp³-hybridized carbons (Fsp3) is 0.647. The van der Waals surface area contributed by atoms with Crippen molar-refractivity contribution in [3.05, 3.63) is 35.4 Å². The van der Waals surface area contributed by atoms with E-state index in [0.29, 0.717) is 18.5 Å². The highest BCUT2D eigenvalue weighted by atomic mass is 16.3. The molecule has 2 atom stereocenters. The second-order valence-electron chi connectivity index (χ2n) is 6.62. The minimum Gasteiger partial charge on any atom is -0.389 e. The minimum absolute atomic E-state index is 0.406. The van der Waals surface area contributed by atoms with Gasteiger partial charge in [-0.2, -0.15) is 0 Å². The van der Waals surface area contributed by atoms with Crippen molar-refractivity contribution in [3.63, 3.8) is 0 Å². The van der Waals surface area contributed by atoms with Crippen LogP contribution in [0.3, 0.4) is 0 Å². The molecule has 0 aromatic heterocycles. The molecule has 0 heterocycles. The average Bonchev–Trinajstić information content (AvgIpc) is 2.35. The van der Waals surface area contributed by atoms with Gasteiger partial charge >= 0.3 is 0 Å². The number of benzene rings is 1. The highest BCUT2D eigenvalue weighted by Gasteiger charge is 2.25. The molecule has 1 aliphatic carbocycles. The monoisotopic (exact) mass is 261 g/mol. The smallest absolute Gasteiger partial charge is 0.0746 e. The van der Waals surface area contributed by atoms with Crippen LogP contribution in [0.4, 0.5) is 0 Å². The molecular formula is C17H27NO. The molecular weight excluding hydrogens is 234 g/mol. The summed E-state index contributed by atoms with van der Waals surface area (Å²) in [6.07, 6.45) is 4.45. The van der Waals surface area contributed by atoms with Crippen molar-refractivity contribution in [2.45, 2.75) is 58.1 Å². The van der Waals surface area contributed by atoms with Gasteiger partial charge in [-0.05, 0) is 49.7 Å². The normalized spacial score (nSPS) is 22.1. The third-order valence-electron chi connectivity index (χ3n) is 3.95. The van der Waals surface area contributed by atoms with Gasteiger partial charge in [-0.1, -0.05) is 38.1 Å². The second kappa shape index (κ2) is 6.06. The SMILES string of the molecule is CC(C)CC(C)(O)CNC1CCCc2ccccc21. The van der Waals surface area contributed by atoms with Gasteiger partial charge in [-0.25, -0.2) is 0 Å². The highest BCUT2D eigenvalue weighted by Crippen LogP contribution is 2.30. The topological polar surface area (TPSA) is 32.3 Å². The Labute approximate surface area is 117 Å². The van der Waals surface area contributed by atoms with Gasteiger partial charge in [0.05, 0.1) is 5.60 Å². The van der Waals surface area contributed by atoms with Crippen molar-refractivity contribution >= 4 is 0 Å². The molecule has 19 heavy (non-hydrogen) atoms. The summed E-state index contributed by atoms with van der Waals surface area (Å²) >= 11 is 0. The zero-order valence-corrected chi connectivity index (χ0v) is 12.4. The molecule has 0 bridgehead atoms. The molecule has 0 radical (unpaired) electrons. The largest absolute Gasteiger partial charge is 0.389 e. The van der Waals surface area contributed by atoms with Crippen molar-refractivity contribution in [2.24, 2.45) is 5.92 Å². The Morgan fingerprint density at radius 3 is 2.84 bits per heavy atom. The van der Waals surface area contributed by atoms with Crippen LogP contribution in [0.1, 0.15) is 57.2 Å². The van der Waals surface area contributed by atoms with Crippen LogP contribution in [0.5, 0.6) is 0 Å². The third-order valence-corrected chi connectivity index (χ3v) is 3.95. The summed E-state index contributed by atoms with van der Waals surface area (Å²) in [7, 11) is 0. The first kappa shape index (κ1) is 14.5. The predicted octanol–water partition coefficient (Wildman–Crippen LogP) is 3.45. The van der Waals surface area contributed by atoms with Gasteiger partial charge in [-0.3, -0.25) is 0 Å². The van der Waals surface area contributed by atoms with E-state index in [1.54, 1.807) is 0 Å². The molecule has 0 amide bonds. The van der Waals surface area contributed by atoms with Crippen LogP contribution in [0.2, 0.25) is 0 Å². The summed E-state index contributed by atoms with van der Waals surface area (Å²) in [6, 6.07) is 9.10. The maximum Gasteiger partial charge on any atom is 0.0746 e. The van der Waals surface area contributed by atoms with Crippen molar-refractivity contribution in [2.75, 3.05) is 6.54 Å². The highest BCUT2D eigenvalue weighted by molar-refractivity contribution is 5.32. The fourth-order valence-corrected chi connectivity index (χ4v) is 3.26. The summed E-state index contributed by atoms with van der Waals surface area (Å²) in [5.74, 6) is 0.524. The molecule has 0 spiro atoms. The Balaban J connectivity index is 1.98. The van der Waals surface area contributed by atoms with E-state index in [1.165, 1.54) is 30.4 Å². The Bertz CT molecular complexity index is 411. The lowest BCUT2D eigenvalue weighted by atomic mass is 9.87. The summed E-state index contributed by atoms with van der Waals surface area (Å²) in [6.45, 7) is 6.92. The van der Waals surface area contributed by atoms with Crippen molar-refractivity contribution in [3.8, 4) is 0 Å². The summed E-state index contributed by atoms with van der Waals surface area (Å²) in [5, 5.41) is 14.0. The number of aryl methyl sites for hydroxylation is 1. The quantitative estimate of drug-likeness (QED) is 0.851. The lowest BCUT2D eigenvalue weighted by Crippen LogP contribution is -2.41. The molecule has 1 aromatic carbocycles. The van der Waals surface area contributed by atoms with E-state index in [2.05, 4.69) is 43.4 Å². The van der Waals surface area contributed by atoms with Crippen LogP contribution < -0.4 is 5.32 Å². The minimum atomic E-state index is -0.611. The molecule has 0 saturated heterocycles. The molecule has 2 N–H and O–H groups in total. The van der Waals surface area contributed by atoms with E-state index in [4.69, 9.17) is 0 Å². The van der Waals surface area contributed by atoms with E-state index < -0.39 is 5.60 Å². The first-order valence-corrected chi connectivity index (χ1v) is 7.51. The number of hydrogen-bond donors (Lipinski definition) is 2. The van der Waals surface area contributed by atoms with Crippen LogP contribution >= 0.6 is 0 Å². The van der Waals surface area contributed by atoms with Gasteiger partial charge in [0.25, 0.3) is 0 Å². The zero-order chi connectivity index (χ0) is 13.9. The predicted molar refractivity (Wildman–Crippen MR) is 80.2 cm³/mol. The Morgan fingerprint density at radius 2 is 2.11 bits per heavy atom. The first-order chi connectivity index (χ1) is 8.98. The number of hydrogen-bond acceptors (Lipinski definition) is 2. The molecule has 0 saturated carbocycles. The standard InChI is InChI=1S/C17H27NO/c1-13(2)11-17(3,19)12-18-16-10-6-8-14-7-4-5-9-15(14)16/h4-5,7,9,13,16,18-19H,6,8,10-12H2,1-3H3. The van der Waals surface area contributed by atoms with Crippen molar-refractivity contribution in [1.29, 1.82) is 0 Å². The number of aliphatic hydroxyl groups is 1. The summed E-state index contributed by atoms with van der Waals surface area (Å²) in [5.41, 5.74) is 2.28. The van der Waals surface area contributed by atoms with Gasteiger partial charge in [0.1, 0.15) is 0 Å². The van der Waals surface area contributed by atoms with Gasteiger partial charge < -0.3 is 10.4 Å². The molecule has 2 rings (SSSR count). The molecule has 2 heteroatoms. The van der Waals surface area contributed by atoms with E-state index in [-0.39, 0.29) is 0 Å². The molecule has 2 nitrogen and oxygen atoms in total. The lowest BCUT2D eigenvalue weighted by molar-refractivity contribution is 0.0353. The first-order valence-electron chi connectivity index (χ1n) is 7.51. The third kappa shape index (κ3) is 4.05. The van der Waals surface area contributed by atoms with Crippen LogP contribution in [0.25, 0.3) is 0 Å². The molecule has 0 aliphatic heterocycles. The van der Waals surface area contributed by atoms with Crippen LogP contribution in [-0.4, -0.2) is 17.3 Å². The van der Waals surface area contributed by atoms with Crippen molar-refractivity contribution in [1.82, 2.24) is 5.32 Å². The van der Waals surface area contributed by atoms with Gasteiger partial charge in [0.15, 0.2) is 0 Å². The number of rotatable bonds is 5. The molecule has 106 valence electrons. The maximum atomic E-state index is 10.4. The Hall–Kier alpha value is -0.860. The van der Waals surface area contributed by atoms with E-state index in [1.807, 2.05) is 6.92 Å². The Kier molecular flexibility index (Phi) is 4.64. The molecule has 0 fully saturated rings. The number of fused-ring (bicyclic) bond motifs is 1. The van der Waals surface area contributed by atoms with Crippen LogP contribution in [0, 0.1) is 5.92 Å². The molecule has 1 aromatic rings.